The lowest BCUT2D eigenvalue weighted by Gasteiger charge is -2.23. The molecule has 4 N–H and O–H groups in total. The van der Waals surface area contributed by atoms with Gasteiger partial charge in [-0.25, -0.2) is 22.5 Å². The molecule has 7 rings (SSSR count). The molecule has 0 aliphatic carbocycles. The van der Waals surface area contributed by atoms with Gasteiger partial charge in [0.05, 0.1) is 41.1 Å². The Labute approximate surface area is 252 Å². The summed E-state index contributed by atoms with van der Waals surface area (Å²) >= 11 is 0. The van der Waals surface area contributed by atoms with Gasteiger partial charge in [0, 0.05) is 35.5 Å². The average molecular weight is 613 g/mol. The van der Waals surface area contributed by atoms with E-state index in [1.807, 2.05) is 24.3 Å². The number of ether oxygens (including phenoxy) is 1. The van der Waals surface area contributed by atoms with Gasteiger partial charge in [-0.05, 0) is 79.5 Å². The molecule has 0 unspecified atom stereocenters. The number of nitrogens with one attached hydrogen (secondary N) is 4. The number of nitrogens with zero attached hydrogens (tertiary/aromatic N) is 4. The lowest BCUT2D eigenvalue weighted by molar-refractivity contribution is 0.162. The normalized spacial score (nSPS) is 14.4. The number of sulfonamides is 1. The molecular weight excluding hydrogens is 583 g/mol. The third-order valence-electron chi connectivity index (χ3n) is 7.61. The Kier molecular flexibility index (Phi) is 7.28. The number of rotatable bonds is 8. The monoisotopic (exact) mass is 612 g/mol. The fraction of sp³-hybridized carbons (Fsp3) is 0.226. The smallest absolute Gasteiger partial charge is 0.209 e. The Balaban J connectivity index is 1.23. The lowest BCUT2D eigenvalue weighted by atomic mass is 10.0. The van der Waals surface area contributed by atoms with Crippen LogP contribution in [0.1, 0.15) is 18.4 Å². The Bertz CT molecular complexity index is 2100. The van der Waals surface area contributed by atoms with Crippen LogP contribution in [0.4, 0.5) is 4.39 Å². The molecule has 5 aromatic heterocycles. The van der Waals surface area contributed by atoms with Crippen molar-refractivity contribution in [3.05, 3.63) is 78.6 Å². The number of benzene rings is 1. The van der Waals surface area contributed by atoms with Crippen LogP contribution in [-0.4, -0.2) is 64.0 Å². The van der Waals surface area contributed by atoms with Crippen molar-refractivity contribution in [2.75, 3.05) is 19.3 Å². The molecule has 224 valence electrons. The molecule has 6 heterocycles. The molecule has 1 saturated heterocycles. The van der Waals surface area contributed by atoms with Gasteiger partial charge in [0.25, 0.3) is 0 Å². The second-order valence-electron chi connectivity index (χ2n) is 10.9. The second kappa shape index (κ2) is 11.4. The van der Waals surface area contributed by atoms with Crippen LogP contribution in [0.15, 0.2) is 67.3 Å². The van der Waals surface area contributed by atoms with Crippen LogP contribution in [0.2, 0.25) is 0 Å². The van der Waals surface area contributed by atoms with Crippen LogP contribution >= 0.6 is 0 Å². The van der Waals surface area contributed by atoms with Gasteiger partial charge in [0.15, 0.2) is 0 Å². The first-order chi connectivity index (χ1) is 21.3. The number of aromatic nitrogens is 6. The summed E-state index contributed by atoms with van der Waals surface area (Å²) in [6, 6.07) is 12.2. The van der Waals surface area contributed by atoms with Crippen molar-refractivity contribution in [3.63, 3.8) is 0 Å². The summed E-state index contributed by atoms with van der Waals surface area (Å²) < 4.78 is 46.4. The number of H-pyrrole nitrogens is 2. The fourth-order valence-corrected chi connectivity index (χ4v) is 5.94. The zero-order chi connectivity index (χ0) is 30.3. The van der Waals surface area contributed by atoms with E-state index in [2.05, 4.69) is 35.2 Å². The minimum Gasteiger partial charge on any atom is -0.489 e. The molecule has 0 atom stereocenters. The van der Waals surface area contributed by atoms with Gasteiger partial charge in [-0.1, -0.05) is 0 Å². The Morgan fingerprint density at radius 3 is 2.66 bits per heavy atom. The molecule has 0 amide bonds. The molecule has 0 bridgehead atoms. The molecule has 1 aliphatic heterocycles. The van der Waals surface area contributed by atoms with Crippen LogP contribution in [0.5, 0.6) is 5.75 Å². The number of fused-ring (bicyclic) bond motifs is 2. The average Bonchev–Trinajstić information content (AvgIpc) is 3.64. The summed E-state index contributed by atoms with van der Waals surface area (Å²) in [7, 11) is -3.43. The van der Waals surface area contributed by atoms with E-state index in [0.717, 1.165) is 59.9 Å². The number of halogens is 1. The number of piperidine rings is 1. The molecule has 13 heteroatoms. The summed E-state index contributed by atoms with van der Waals surface area (Å²) in [5.74, 6) is 0.238. The molecule has 6 aromatic rings. The highest BCUT2D eigenvalue weighted by atomic mass is 32.2. The van der Waals surface area contributed by atoms with E-state index in [-0.39, 0.29) is 12.6 Å². The molecular formula is C31H29FN8O3S. The van der Waals surface area contributed by atoms with Gasteiger partial charge in [-0.2, -0.15) is 5.10 Å². The van der Waals surface area contributed by atoms with Crippen molar-refractivity contribution in [1.82, 2.24) is 40.2 Å². The van der Waals surface area contributed by atoms with Crippen LogP contribution in [0.3, 0.4) is 0 Å². The maximum absolute atomic E-state index is 14.6. The molecule has 11 nitrogen and oxygen atoms in total. The van der Waals surface area contributed by atoms with Crippen molar-refractivity contribution in [2.24, 2.45) is 0 Å². The Hall–Kier alpha value is -4.72. The van der Waals surface area contributed by atoms with Gasteiger partial charge in [-0.15, -0.1) is 0 Å². The van der Waals surface area contributed by atoms with Crippen molar-refractivity contribution in [1.29, 1.82) is 0 Å². The van der Waals surface area contributed by atoms with Crippen LogP contribution in [0.25, 0.3) is 55.7 Å². The predicted octanol–water partition coefficient (Wildman–Crippen LogP) is 4.55. The molecule has 0 radical (unpaired) electrons. The standard InChI is InChI=1S/C31H29FN8O3S/c1-44(41,42)36-13-18-8-19(10-21(32)9-18)25-16-35-17-29-24(25)12-28(37-29)31-30-27(39-40-31)3-2-26(38-30)20-11-23(15-34-14-20)43-22-4-6-33-7-5-22/h2-3,8-12,14-17,22,33,36-37H,4-7,13H2,1H3,(H,39,40). The zero-order valence-corrected chi connectivity index (χ0v) is 24.6. The second-order valence-corrected chi connectivity index (χ2v) is 12.7. The third-order valence-corrected chi connectivity index (χ3v) is 8.28. The zero-order valence-electron chi connectivity index (χ0n) is 23.8. The number of aromatic amines is 2. The van der Waals surface area contributed by atoms with Crippen LogP contribution in [0, 0.1) is 5.82 Å². The minimum absolute atomic E-state index is 0.0265. The molecule has 44 heavy (non-hydrogen) atoms. The quantitative estimate of drug-likeness (QED) is 0.196. The molecule has 1 aliphatic rings. The summed E-state index contributed by atoms with van der Waals surface area (Å²) in [6.07, 6.45) is 9.98. The minimum atomic E-state index is -3.43. The van der Waals surface area contributed by atoms with E-state index >= 15 is 0 Å². The SMILES string of the molecule is CS(=O)(=O)NCc1cc(F)cc(-c2cncc3[nH]c(-c4n[nH]c5ccc(-c6cncc(OC7CCNCC7)c6)nc45)cc23)c1. The highest BCUT2D eigenvalue weighted by molar-refractivity contribution is 7.88. The van der Waals surface area contributed by atoms with Gasteiger partial charge >= 0.3 is 0 Å². The largest absolute Gasteiger partial charge is 0.489 e. The molecule has 1 fully saturated rings. The van der Waals surface area contributed by atoms with Crippen LogP contribution in [-0.2, 0) is 16.6 Å². The summed E-state index contributed by atoms with van der Waals surface area (Å²) in [5, 5.41) is 11.8. The molecule has 1 aromatic carbocycles. The van der Waals surface area contributed by atoms with Gasteiger partial charge in [-0.3, -0.25) is 15.1 Å². The van der Waals surface area contributed by atoms with Gasteiger partial charge < -0.3 is 15.0 Å². The van der Waals surface area contributed by atoms with E-state index in [1.54, 1.807) is 30.9 Å². The third kappa shape index (κ3) is 5.89. The summed E-state index contributed by atoms with van der Waals surface area (Å²) in [4.78, 5) is 17.1. The predicted molar refractivity (Wildman–Crippen MR) is 166 cm³/mol. The summed E-state index contributed by atoms with van der Waals surface area (Å²) in [5.41, 5.74) is 6.83. The first kappa shape index (κ1) is 28.1. The number of hydrogen-bond donors (Lipinski definition) is 4. The van der Waals surface area contributed by atoms with Crippen molar-refractivity contribution in [2.45, 2.75) is 25.5 Å². The topological polar surface area (TPSA) is 151 Å². The highest BCUT2D eigenvalue weighted by Gasteiger charge is 2.18. The first-order valence-electron chi connectivity index (χ1n) is 14.2. The van der Waals surface area contributed by atoms with E-state index in [4.69, 9.17) is 9.72 Å². The van der Waals surface area contributed by atoms with Crippen molar-refractivity contribution in [3.8, 4) is 39.5 Å². The van der Waals surface area contributed by atoms with E-state index < -0.39 is 15.8 Å². The first-order valence-corrected chi connectivity index (χ1v) is 16.1. The van der Waals surface area contributed by atoms with E-state index in [9.17, 15) is 12.8 Å². The van der Waals surface area contributed by atoms with Crippen molar-refractivity contribution < 1.29 is 17.5 Å². The Morgan fingerprint density at radius 2 is 1.82 bits per heavy atom. The van der Waals surface area contributed by atoms with E-state index in [0.29, 0.717) is 39.3 Å². The molecule has 0 saturated carbocycles. The van der Waals surface area contributed by atoms with Gasteiger partial charge in [0.1, 0.15) is 28.9 Å². The lowest BCUT2D eigenvalue weighted by Crippen LogP contribution is -2.34. The van der Waals surface area contributed by atoms with Gasteiger partial charge in [0.2, 0.25) is 10.0 Å². The highest BCUT2D eigenvalue weighted by Crippen LogP contribution is 2.34. The Morgan fingerprint density at radius 1 is 0.977 bits per heavy atom. The fourth-order valence-electron chi connectivity index (χ4n) is 5.51. The van der Waals surface area contributed by atoms with E-state index in [1.165, 1.54) is 12.1 Å². The maximum Gasteiger partial charge on any atom is 0.209 e. The molecule has 0 spiro atoms. The maximum atomic E-state index is 14.6. The summed E-state index contributed by atoms with van der Waals surface area (Å²) in [6.45, 7) is 1.86. The number of pyridine rings is 3. The van der Waals surface area contributed by atoms with Crippen LogP contribution < -0.4 is 14.8 Å². The number of hydrogen-bond acceptors (Lipinski definition) is 8. The van der Waals surface area contributed by atoms with Crippen molar-refractivity contribution >= 4 is 32.0 Å².